The topological polar surface area (TPSA) is 107 Å². The molecule has 2 aliphatic heterocycles. The minimum Gasteiger partial charge on any atom is -0.432 e. The first-order valence-corrected chi connectivity index (χ1v) is 13.5. The monoisotopic (exact) mass is 548 g/mol. The lowest BCUT2D eigenvalue weighted by Gasteiger charge is -2.36. The van der Waals surface area contributed by atoms with Gasteiger partial charge in [0.05, 0.1) is 23.8 Å². The molecule has 0 aliphatic carbocycles. The van der Waals surface area contributed by atoms with E-state index in [1.807, 2.05) is 6.07 Å². The van der Waals surface area contributed by atoms with Crippen molar-refractivity contribution in [1.29, 1.82) is 0 Å². The zero-order valence-electron chi connectivity index (χ0n) is 21.2. The highest BCUT2D eigenvalue weighted by atomic mass is 32.2. The lowest BCUT2D eigenvalue weighted by molar-refractivity contribution is -0.384. The lowest BCUT2D eigenvalue weighted by Crippen LogP contribution is -2.49. The smallest absolute Gasteiger partial charge is 0.432 e. The highest BCUT2D eigenvalue weighted by molar-refractivity contribution is 7.99. The zero-order chi connectivity index (χ0) is 27.0. The Morgan fingerprint density at radius 1 is 0.897 bits per heavy atom. The molecule has 2 aliphatic rings. The quantitative estimate of drug-likeness (QED) is 0.127. The predicted octanol–water partition coefficient (Wildman–Crippen LogP) is 4.99. The Bertz CT molecular complexity index is 1340. The van der Waals surface area contributed by atoms with Crippen LogP contribution in [-0.4, -0.2) is 79.3 Å². The summed E-state index contributed by atoms with van der Waals surface area (Å²) in [6.45, 7) is 5.15. The first-order valence-electron chi connectivity index (χ1n) is 12.7. The molecule has 0 radical (unpaired) electrons. The molecule has 0 aromatic heterocycles. The Morgan fingerprint density at radius 2 is 1.62 bits per heavy atom. The van der Waals surface area contributed by atoms with E-state index in [0.29, 0.717) is 6.61 Å². The van der Waals surface area contributed by atoms with Gasteiger partial charge in [0.25, 0.3) is 5.69 Å². The molecular weight excluding hydrogens is 520 g/mol. The van der Waals surface area contributed by atoms with Crippen LogP contribution >= 0.6 is 11.8 Å². The maximum absolute atomic E-state index is 11.8. The van der Waals surface area contributed by atoms with Crippen molar-refractivity contribution in [3.63, 3.8) is 0 Å². The summed E-state index contributed by atoms with van der Waals surface area (Å²) in [5.41, 5.74) is 2.09. The number of piperazine rings is 1. The molecule has 0 unspecified atom stereocenters. The van der Waals surface area contributed by atoms with Crippen LogP contribution in [0.25, 0.3) is 0 Å². The Balaban J connectivity index is 1.03. The Hall–Kier alpha value is -3.93. The van der Waals surface area contributed by atoms with Gasteiger partial charge in [0.15, 0.2) is 0 Å². The number of para-hydroxylation sites is 1. The molecule has 0 saturated carbocycles. The van der Waals surface area contributed by atoms with Crippen LogP contribution in [0.4, 0.5) is 16.2 Å². The van der Waals surface area contributed by atoms with Crippen molar-refractivity contribution in [3.05, 3.63) is 88.5 Å². The van der Waals surface area contributed by atoms with Crippen LogP contribution in [-0.2, 0) is 9.47 Å². The van der Waals surface area contributed by atoms with Gasteiger partial charge < -0.3 is 19.1 Å². The lowest BCUT2D eigenvalue weighted by atomic mass is 10.1. The molecule has 0 bridgehead atoms. The summed E-state index contributed by atoms with van der Waals surface area (Å²) in [5, 5.41) is 10.7. The predicted molar refractivity (Wildman–Crippen MR) is 147 cm³/mol. The summed E-state index contributed by atoms with van der Waals surface area (Å²) in [7, 11) is 0. The van der Waals surface area contributed by atoms with Crippen LogP contribution < -0.4 is 4.74 Å². The summed E-state index contributed by atoms with van der Waals surface area (Å²) in [6.07, 6.45) is -0.882. The van der Waals surface area contributed by atoms with Crippen LogP contribution in [0.5, 0.6) is 5.75 Å². The number of nitro groups is 1. The number of aliphatic imine (C=N–C) groups is 1. The molecule has 5 rings (SSSR count). The number of rotatable bonds is 8. The van der Waals surface area contributed by atoms with E-state index in [1.165, 1.54) is 39.6 Å². The highest BCUT2D eigenvalue weighted by Crippen LogP contribution is 2.40. The number of hydrogen-bond acceptors (Lipinski definition) is 10. The molecule has 0 spiro atoms. The molecule has 1 fully saturated rings. The van der Waals surface area contributed by atoms with Gasteiger partial charge in [-0.2, -0.15) is 0 Å². The number of non-ortho nitro benzene ring substituents is 1. The van der Waals surface area contributed by atoms with E-state index in [4.69, 9.17) is 19.2 Å². The van der Waals surface area contributed by atoms with Crippen molar-refractivity contribution >= 4 is 35.1 Å². The molecule has 3 aromatic carbocycles. The van der Waals surface area contributed by atoms with Crippen molar-refractivity contribution in [1.82, 2.24) is 9.80 Å². The number of benzene rings is 3. The van der Waals surface area contributed by atoms with Gasteiger partial charge in [-0.1, -0.05) is 42.1 Å². The van der Waals surface area contributed by atoms with Gasteiger partial charge in [0, 0.05) is 60.2 Å². The average molecular weight is 549 g/mol. The molecular formula is C28H28N4O6S. The second-order valence-electron chi connectivity index (χ2n) is 8.89. The molecule has 11 heteroatoms. The van der Waals surface area contributed by atoms with Crippen LogP contribution in [0.15, 0.2) is 87.6 Å². The minimum absolute atomic E-state index is 0.0539. The van der Waals surface area contributed by atoms with Crippen molar-refractivity contribution in [3.8, 4) is 5.75 Å². The molecule has 3 aromatic rings. The Morgan fingerprint density at radius 3 is 2.38 bits per heavy atom. The number of amidine groups is 1. The average Bonchev–Trinajstić information content (AvgIpc) is 3.12. The third-order valence-electron chi connectivity index (χ3n) is 6.36. The van der Waals surface area contributed by atoms with Crippen molar-refractivity contribution in [2.24, 2.45) is 4.99 Å². The number of nitro benzene ring substituents is 1. The molecule has 202 valence electrons. The first-order chi connectivity index (χ1) is 19.1. The van der Waals surface area contributed by atoms with Gasteiger partial charge in [0.1, 0.15) is 18.2 Å². The van der Waals surface area contributed by atoms with E-state index in [-0.39, 0.29) is 24.7 Å². The van der Waals surface area contributed by atoms with Gasteiger partial charge in [-0.05, 0) is 30.3 Å². The van der Waals surface area contributed by atoms with Gasteiger partial charge in [-0.3, -0.25) is 15.0 Å². The summed E-state index contributed by atoms with van der Waals surface area (Å²) in [5.74, 6) is 1.20. The Labute approximate surface area is 230 Å². The third-order valence-corrected chi connectivity index (χ3v) is 7.50. The van der Waals surface area contributed by atoms with E-state index < -0.39 is 11.1 Å². The summed E-state index contributed by atoms with van der Waals surface area (Å²) in [4.78, 5) is 34.1. The largest absolute Gasteiger partial charge is 0.513 e. The minimum atomic E-state index is -0.882. The van der Waals surface area contributed by atoms with E-state index in [9.17, 15) is 14.9 Å². The fourth-order valence-electron chi connectivity index (χ4n) is 4.33. The first kappa shape index (κ1) is 26.7. The van der Waals surface area contributed by atoms with Crippen LogP contribution in [0, 0.1) is 10.1 Å². The SMILES string of the molecule is O=C(OCCOCCN1CCN(C2=Nc3ccccc3Sc3ccccc32)CC1)Oc1ccc([N+](=O)[O-])cc1. The number of hydrogen-bond donors (Lipinski definition) is 0. The third kappa shape index (κ3) is 6.94. The molecule has 1 saturated heterocycles. The standard InChI is InChI=1S/C28H28N4O6S/c33-28(38-22-11-9-21(10-12-22)32(34)35)37-20-19-36-18-17-30-13-15-31(16-14-30)27-23-5-1-3-7-25(23)39-26-8-4-2-6-24(26)29-27/h1-12H,13-20H2. The maximum Gasteiger partial charge on any atom is 0.513 e. The molecule has 10 nitrogen and oxygen atoms in total. The summed E-state index contributed by atoms with van der Waals surface area (Å²) < 4.78 is 15.6. The number of carbonyl (C=O) groups is 1. The molecule has 0 N–H and O–H groups in total. The van der Waals surface area contributed by atoms with Gasteiger partial charge in [-0.15, -0.1) is 0 Å². The van der Waals surface area contributed by atoms with Crippen LogP contribution in [0.1, 0.15) is 5.56 Å². The molecule has 2 heterocycles. The number of carbonyl (C=O) groups excluding carboxylic acids is 1. The van der Waals surface area contributed by atoms with Gasteiger partial charge >= 0.3 is 6.16 Å². The highest BCUT2D eigenvalue weighted by Gasteiger charge is 2.25. The fourth-order valence-corrected chi connectivity index (χ4v) is 5.35. The van der Waals surface area contributed by atoms with Crippen molar-refractivity contribution < 1.29 is 23.9 Å². The second kappa shape index (κ2) is 12.7. The van der Waals surface area contributed by atoms with Crippen LogP contribution in [0.3, 0.4) is 0 Å². The molecule has 39 heavy (non-hydrogen) atoms. The second-order valence-corrected chi connectivity index (χ2v) is 9.98. The summed E-state index contributed by atoms with van der Waals surface area (Å²) in [6, 6.07) is 21.9. The zero-order valence-corrected chi connectivity index (χ0v) is 22.0. The van der Waals surface area contributed by atoms with Crippen molar-refractivity contribution in [2.45, 2.75) is 9.79 Å². The van der Waals surface area contributed by atoms with Gasteiger partial charge in [0.2, 0.25) is 0 Å². The summed E-state index contributed by atoms with van der Waals surface area (Å²) >= 11 is 1.76. The number of fused-ring (bicyclic) bond motifs is 2. The molecule has 0 amide bonds. The van der Waals surface area contributed by atoms with E-state index in [2.05, 4.69) is 52.3 Å². The van der Waals surface area contributed by atoms with Crippen molar-refractivity contribution in [2.75, 3.05) is 52.5 Å². The molecule has 0 atom stereocenters. The van der Waals surface area contributed by atoms with E-state index in [0.717, 1.165) is 44.2 Å². The fraction of sp³-hybridized carbons (Fsp3) is 0.286. The maximum atomic E-state index is 11.8. The number of nitrogens with zero attached hydrogens (tertiary/aromatic N) is 4. The van der Waals surface area contributed by atoms with Gasteiger partial charge in [-0.25, -0.2) is 9.79 Å². The van der Waals surface area contributed by atoms with E-state index in [1.54, 1.807) is 11.8 Å². The van der Waals surface area contributed by atoms with Crippen LogP contribution in [0.2, 0.25) is 0 Å². The Kier molecular flexibility index (Phi) is 8.71. The normalized spacial score (nSPS) is 15.0. The number of ether oxygens (including phenoxy) is 3. The van der Waals surface area contributed by atoms with E-state index >= 15 is 0 Å².